The average molecular weight is 632 g/mol. The molecule has 3 atom stereocenters. The topological polar surface area (TPSA) is 83.5 Å². The highest BCUT2D eigenvalue weighted by atomic mass is 35.5. The SMILES string of the molecule is Cc1ccc(N2CCC[C@H](C(c3ccnc(C)c3)N(Cc3cn(C4CC4)c4ccc(F)cc4c3=O)N3CC[C@H](N)C3)C2)cn1.Cl. The van der Waals surface area contributed by atoms with Crippen LogP contribution in [0.4, 0.5) is 10.1 Å². The molecule has 0 amide bonds. The molecule has 10 heteroatoms. The van der Waals surface area contributed by atoms with E-state index in [0.29, 0.717) is 23.5 Å². The second-order valence-corrected chi connectivity index (χ2v) is 13.0. The number of hydrazine groups is 1. The van der Waals surface area contributed by atoms with Gasteiger partial charge in [-0.3, -0.25) is 14.8 Å². The fourth-order valence-electron chi connectivity index (χ4n) is 7.29. The molecule has 2 aliphatic heterocycles. The maximum Gasteiger partial charge on any atom is 0.194 e. The molecular weight excluding hydrogens is 589 g/mol. The highest BCUT2D eigenvalue weighted by molar-refractivity contribution is 5.85. The summed E-state index contributed by atoms with van der Waals surface area (Å²) in [5.74, 6) is -0.0956. The minimum atomic E-state index is -0.380. The summed E-state index contributed by atoms with van der Waals surface area (Å²) in [6.07, 6.45) is 11.1. The summed E-state index contributed by atoms with van der Waals surface area (Å²) >= 11 is 0. The molecule has 1 unspecified atom stereocenters. The number of halogens is 2. The quantitative estimate of drug-likeness (QED) is 0.267. The van der Waals surface area contributed by atoms with Gasteiger partial charge in [0.05, 0.1) is 23.4 Å². The second-order valence-electron chi connectivity index (χ2n) is 13.0. The first-order valence-corrected chi connectivity index (χ1v) is 16.0. The van der Waals surface area contributed by atoms with E-state index >= 15 is 0 Å². The molecule has 8 nitrogen and oxygen atoms in total. The summed E-state index contributed by atoms with van der Waals surface area (Å²) < 4.78 is 16.7. The van der Waals surface area contributed by atoms with Gasteiger partial charge in [0.15, 0.2) is 5.43 Å². The number of aromatic nitrogens is 3. The van der Waals surface area contributed by atoms with Crippen LogP contribution < -0.4 is 16.1 Å². The van der Waals surface area contributed by atoms with E-state index in [1.165, 1.54) is 17.7 Å². The van der Waals surface area contributed by atoms with Gasteiger partial charge in [-0.15, -0.1) is 12.4 Å². The summed E-state index contributed by atoms with van der Waals surface area (Å²) in [6, 6.07) is 13.6. The van der Waals surface area contributed by atoms with Crippen LogP contribution in [0, 0.1) is 25.6 Å². The number of hydrogen-bond acceptors (Lipinski definition) is 7. The predicted molar refractivity (Wildman–Crippen MR) is 179 cm³/mol. The van der Waals surface area contributed by atoms with E-state index in [2.05, 4.69) is 53.7 Å². The third-order valence-electron chi connectivity index (χ3n) is 9.66. The minimum Gasteiger partial charge on any atom is -0.370 e. The molecule has 3 aliphatic rings. The van der Waals surface area contributed by atoms with Crippen molar-refractivity contribution in [3.63, 3.8) is 0 Å². The van der Waals surface area contributed by atoms with Crippen molar-refractivity contribution >= 4 is 29.0 Å². The largest absolute Gasteiger partial charge is 0.370 e. The van der Waals surface area contributed by atoms with E-state index in [1.807, 2.05) is 32.4 Å². The molecule has 0 bridgehead atoms. The molecule has 238 valence electrons. The van der Waals surface area contributed by atoms with E-state index in [9.17, 15) is 9.18 Å². The van der Waals surface area contributed by atoms with Gasteiger partial charge in [-0.2, -0.15) is 0 Å². The van der Waals surface area contributed by atoms with Gasteiger partial charge in [0.2, 0.25) is 0 Å². The lowest BCUT2D eigenvalue weighted by Gasteiger charge is -2.46. The maximum absolute atomic E-state index is 14.5. The molecular formula is C35H43ClFN7O. The zero-order valence-electron chi connectivity index (χ0n) is 26.1. The van der Waals surface area contributed by atoms with Crippen LogP contribution >= 0.6 is 12.4 Å². The van der Waals surface area contributed by atoms with Gasteiger partial charge in [-0.25, -0.2) is 14.4 Å². The molecule has 2 N–H and O–H groups in total. The lowest BCUT2D eigenvalue weighted by Crippen LogP contribution is -2.50. The minimum absolute atomic E-state index is 0. The van der Waals surface area contributed by atoms with Gasteiger partial charge in [-0.1, -0.05) is 0 Å². The van der Waals surface area contributed by atoms with Gasteiger partial charge >= 0.3 is 0 Å². The molecule has 2 saturated heterocycles. The lowest BCUT2D eigenvalue weighted by atomic mass is 9.85. The number of pyridine rings is 3. The van der Waals surface area contributed by atoms with E-state index in [0.717, 1.165) is 80.9 Å². The smallest absolute Gasteiger partial charge is 0.194 e. The Hall–Kier alpha value is -3.37. The monoisotopic (exact) mass is 631 g/mol. The molecule has 1 aliphatic carbocycles. The highest BCUT2D eigenvalue weighted by Gasteiger charge is 2.38. The number of hydrogen-bond donors (Lipinski definition) is 1. The number of nitrogens with zero attached hydrogens (tertiary/aromatic N) is 6. The summed E-state index contributed by atoms with van der Waals surface area (Å²) in [5, 5.41) is 5.25. The zero-order chi connectivity index (χ0) is 30.4. The van der Waals surface area contributed by atoms with Gasteiger partial charge in [0.1, 0.15) is 5.82 Å². The number of benzene rings is 1. The Morgan fingerprint density at radius 3 is 2.56 bits per heavy atom. The van der Waals surface area contributed by atoms with E-state index < -0.39 is 0 Å². The molecule has 4 aromatic rings. The Balaban J connectivity index is 0.00000357. The highest BCUT2D eigenvalue weighted by Crippen LogP contribution is 2.40. The Kier molecular flexibility index (Phi) is 9.24. The molecule has 3 fully saturated rings. The summed E-state index contributed by atoms with van der Waals surface area (Å²) in [4.78, 5) is 25.6. The Bertz CT molecular complexity index is 1710. The van der Waals surface area contributed by atoms with Crippen LogP contribution in [0.25, 0.3) is 10.9 Å². The van der Waals surface area contributed by atoms with Crippen molar-refractivity contribution in [1.82, 2.24) is 24.6 Å². The van der Waals surface area contributed by atoms with Crippen LogP contribution in [0.1, 0.15) is 66.7 Å². The van der Waals surface area contributed by atoms with Crippen LogP contribution in [-0.2, 0) is 6.54 Å². The fraction of sp³-hybridized carbons (Fsp3) is 0.457. The predicted octanol–water partition coefficient (Wildman–Crippen LogP) is 5.71. The van der Waals surface area contributed by atoms with Crippen LogP contribution in [-0.4, -0.2) is 56.8 Å². The molecule has 1 aromatic carbocycles. The Morgan fingerprint density at radius 1 is 1.00 bits per heavy atom. The van der Waals surface area contributed by atoms with Crippen LogP contribution in [0.5, 0.6) is 0 Å². The molecule has 45 heavy (non-hydrogen) atoms. The van der Waals surface area contributed by atoms with Crippen LogP contribution in [0.3, 0.4) is 0 Å². The molecule has 3 aromatic heterocycles. The summed E-state index contributed by atoms with van der Waals surface area (Å²) in [5.41, 5.74) is 12.2. The fourth-order valence-corrected chi connectivity index (χ4v) is 7.29. The van der Waals surface area contributed by atoms with Gasteiger partial charge in [0, 0.05) is 79.5 Å². The molecule has 0 radical (unpaired) electrons. The zero-order valence-corrected chi connectivity index (χ0v) is 26.9. The number of nitrogens with two attached hydrogens (primary N) is 1. The number of fused-ring (bicyclic) bond motifs is 1. The second kappa shape index (κ2) is 13.2. The normalized spacial score (nSPS) is 21.3. The van der Waals surface area contributed by atoms with Crippen molar-refractivity contribution in [3.8, 4) is 0 Å². The van der Waals surface area contributed by atoms with Crippen molar-refractivity contribution in [2.24, 2.45) is 11.7 Å². The van der Waals surface area contributed by atoms with Gasteiger partial charge < -0.3 is 15.2 Å². The third kappa shape index (κ3) is 6.63. The standard InChI is InChI=1S/C35H42FN7O.ClH/c1-23-5-7-31(18-39-23)40-14-3-4-26(19-40)34(25-11-13-38-24(2)16-25)43(41-15-12-29(37)22-41)21-27-20-42(30-8-9-30)33-10-6-28(36)17-32(33)35(27)44;/h5-7,10-11,13,16-18,20,26,29-30,34H,3-4,8-9,12,14-15,19,21-22,37H2,1-2H3;1H/t26-,29-,34?;/m0./s1. The Morgan fingerprint density at radius 2 is 1.84 bits per heavy atom. The first kappa shape index (κ1) is 31.6. The summed E-state index contributed by atoms with van der Waals surface area (Å²) in [6.45, 7) is 7.91. The van der Waals surface area contributed by atoms with Crippen molar-refractivity contribution in [2.75, 3.05) is 31.1 Å². The molecule has 5 heterocycles. The number of piperidine rings is 1. The lowest BCUT2D eigenvalue weighted by molar-refractivity contribution is -0.0752. The van der Waals surface area contributed by atoms with Gasteiger partial charge in [-0.05, 0) is 99.9 Å². The molecule has 0 spiro atoms. The third-order valence-corrected chi connectivity index (χ3v) is 9.66. The average Bonchev–Trinajstić information content (AvgIpc) is 3.78. The number of aryl methyl sites for hydroxylation is 2. The van der Waals surface area contributed by atoms with E-state index in [-0.39, 0.29) is 41.7 Å². The first-order chi connectivity index (χ1) is 21.3. The van der Waals surface area contributed by atoms with E-state index in [4.69, 9.17) is 5.73 Å². The Labute approximate surface area is 270 Å². The van der Waals surface area contributed by atoms with Crippen molar-refractivity contribution in [3.05, 3.63) is 99.6 Å². The van der Waals surface area contributed by atoms with Crippen molar-refractivity contribution in [2.45, 2.75) is 70.6 Å². The summed E-state index contributed by atoms with van der Waals surface area (Å²) in [7, 11) is 0. The first-order valence-electron chi connectivity index (χ1n) is 16.0. The number of anilines is 1. The van der Waals surface area contributed by atoms with Gasteiger partial charge in [0.25, 0.3) is 0 Å². The maximum atomic E-state index is 14.5. The van der Waals surface area contributed by atoms with Crippen LogP contribution in [0.2, 0.25) is 0 Å². The van der Waals surface area contributed by atoms with Crippen molar-refractivity contribution < 1.29 is 4.39 Å². The molecule has 1 saturated carbocycles. The molecule has 7 rings (SSSR count). The number of rotatable bonds is 8. The van der Waals surface area contributed by atoms with Crippen molar-refractivity contribution in [1.29, 1.82) is 0 Å². The van der Waals surface area contributed by atoms with E-state index in [1.54, 1.807) is 6.07 Å². The van der Waals surface area contributed by atoms with Crippen LogP contribution in [0.15, 0.2) is 65.8 Å².